The second-order valence-electron chi connectivity index (χ2n) is 8.27. The lowest BCUT2D eigenvalue weighted by Gasteiger charge is -2.25. The molecule has 0 spiro atoms. The monoisotopic (exact) mass is 413 g/mol. The minimum atomic E-state index is -0.666. The van der Waals surface area contributed by atoms with Crippen LogP contribution in [-0.4, -0.2) is 50.2 Å². The average molecular weight is 414 g/mol. The van der Waals surface area contributed by atoms with Gasteiger partial charge in [0.2, 0.25) is 0 Å². The molecule has 0 radical (unpaired) electrons. The lowest BCUT2D eigenvalue weighted by molar-refractivity contribution is -0.145. The molecule has 166 valence electrons. The SMILES string of the molecule is CCCCC(O)O[C@H](CCc1ccccc1CCc1ccc(OC)cc1)CN(C)C. The Hall–Kier alpha value is -1.88. The van der Waals surface area contributed by atoms with Crippen molar-refractivity contribution in [2.24, 2.45) is 0 Å². The summed E-state index contributed by atoms with van der Waals surface area (Å²) < 4.78 is 11.2. The van der Waals surface area contributed by atoms with Crippen LogP contribution in [0.1, 0.15) is 49.3 Å². The number of hydrogen-bond donors (Lipinski definition) is 1. The number of nitrogens with zero attached hydrogens (tertiary/aromatic N) is 1. The molecule has 0 amide bonds. The molecule has 2 aromatic carbocycles. The quantitative estimate of drug-likeness (QED) is 0.449. The van der Waals surface area contributed by atoms with Gasteiger partial charge in [-0.3, -0.25) is 0 Å². The summed E-state index contributed by atoms with van der Waals surface area (Å²) in [5.74, 6) is 0.896. The molecule has 0 heterocycles. The van der Waals surface area contributed by atoms with E-state index in [-0.39, 0.29) is 6.10 Å². The average Bonchev–Trinajstić information content (AvgIpc) is 2.75. The van der Waals surface area contributed by atoms with Crippen molar-refractivity contribution in [3.63, 3.8) is 0 Å². The number of aliphatic hydroxyl groups is 1. The van der Waals surface area contributed by atoms with Gasteiger partial charge in [-0.25, -0.2) is 0 Å². The third-order valence-electron chi connectivity index (χ3n) is 5.42. The predicted octanol–water partition coefficient (Wildman–Crippen LogP) is 4.87. The van der Waals surface area contributed by atoms with Gasteiger partial charge in [0, 0.05) is 6.54 Å². The van der Waals surface area contributed by atoms with E-state index >= 15 is 0 Å². The molecule has 0 fully saturated rings. The fraction of sp³-hybridized carbons (Fsp3) is 0.538. The van der Waals surface area contributed by atoms with Crippen LogP contribution in [0.15, 0.2) is 48.5 Å². The predicted molar refractivity (Wildman–Crippen MR) is 124 cm³/mol. The fourth-order valence-electron chi connectivity index (χ4n) is 3.71. The van der Waals surface area contributed by atoms with Gasteiger partial charge in [-0.15, -0.1) is 0 Å². The molecule has 2 atom stereocenters. The molecule has 0 aliphatic carbocycles. The Morgan fingerprint density at radius 3 is 2.17 bits per heavy atom. The Labute approximate surface area is 182 Å². The molecule has 2 rings (SSSR count). The number of ether oxygens (including phenoxy) is 2. The molecular formula is C26H39NO3. The minimum absolute atomic E-state index is 0.0292. The van der Waals surface area contributed by atoms with Crippen LogP contribution in [0.2, 0.25) is 0 Å². The van der Waals surface area contributed by atoms with Crippen LogP contribution in [-0.2, 0) is 24.0 Å². The molecule has 0 saturated heterocycles. The molecule has 2 aromatic rings. The van der Waals surface area contributed by atoms with Gasteiger partial charge in [0.05, 0.1) is 13.2 Å². The van der Waals surface area contributed by atoms with E-state index in [1.54, 1.807) is 7.11 Å². The largest absolute Gasteiger partial charge is 0.497 e. The van der Waals surface area contributed by atoms with Gasteiger partial charge in [-0.2, -0.15) is 0 Å². The van der Waals surface area contributed by atoms with Crippen molar-refractivity contribution in [2.75, 3.05) is 27.7 Å². The number of benzene rings is 2. The van der Waals surface area contributed by atoms with E-state index in [9.17, 15) is 5.11 Å². The van der Waals surface area contributed by atoms with Gasteiger partial charge in [0.25, 0.3) is 0 Å². The highest BCUT2D eigenvalue weighted by Gasteiger charge is 2.16. The van der Waals surface area contributed by atoms with Gasteiger partial charge >= 0.3 is 0 Å². The third kappa shape index (κ3) is 8.86. The normalized spacial score (nSPS) is 13.4. The zero-order valence-electron chi connectivity index (χ0n) is 19.1. The topological polar surface area (TPSA) is 41.9 Å². The maximum absolute atomic E-state index is 10.2. The molecule has 30 heavy (non-hydrogen) atoms. The van der Waals surface area contributed by atoms with E-state index in [1.165, 1.54) is 16.7 Å². The first-order chi connectivity index (χ1) is 14.5. The van der Waals surface area contributed by atoms with E-state index in [2.05, 4.69) is 62.3 Å². The van der Waals surface area contributed by atoms with Gasteiger partial charge in [0.1, 0.15) is 5.75 Å². The lowest BCUT2D eigenvalue weighted by atomic mass is 9.96. The molecule has 0 bridgehead atoms. The second-order valence-corrected chi connectivity index (χ2v) is 8.27. The smallest absolute Gasteiger partial charge is 0.154 e. The Morgan fingerprint density at radius 1 is 0.900 bits per heavy atom. The van der Waals surface area contributed by atoms with Crippen LogP contribution >= 0.6 is 0 Å². The number of likely N-dealkylation sites (N-methyl/N-ethyl adjacent to an activating group) is 1. The third-order valence-corrected chi connectivity index (χ3v) is 5.42. The van der Waals surface area contributed by atoms with Crippen molar-refractivity contribution in [2.45, 2.75) is 64.3 Å². The first kappa shape index (κ1) is 24.4. The summed E-state index contributed by atoms with van der Waals surface area (Å²) in [6, 6.07) is 17.0. The Bertz CT molecular complexity index is 714. The lowest BCUT2D eigenvalue weighted by Crippen LogP contribution is -2.32. The van der Waals surface area contributed by atoms with Crippen molar-refractivity contribution in [1.82, 2.24) is 4.90 Å². The standard InChI is InChI=1S/C26H39NO3/c1-5-6-11-26(28)30-25(20-27(2)3)19-16-23-10-8-7-9-22(23)15-12-21-13-17-24(29-4)18-14-21/h7-10,13-14,17-18,25-26,28H,5-6,11-12,15-16,19-20H2,1-4H3/t25-,26?/m1/s1. The molecule has 0 saturated carbocycles. The number of hydrogen-bond acceptors (Lipinski definition) is 4. The van der Waals surface area contributed by atoms with Gasteiger partial charge in [-0.05, 0) is 81.4 Å². The van der Waals surface area contributed by atoms with Gasteiger partial charge < -0.3 is 19.5 Å². The van der Waals surface area contributed by atoms with Crippen LogP contribution in [0.25, 0.3) is 0 Å². The van der Waals surface area contributed by atoms with E-state index in [4.69, 9.17) is 9.47 Å². The molecular weight excluding hydrogens is 374 g/mol. The van der Waals surface area contributed by atoms with Gasteiger partial charge in [0.15, 0.2) is 6.29 Å². The number of aliphatic hydroxyl groups excluding tert-OH is 1. The van der Waals surface area contributed by atoms with Crippen molar-refractivity contribution < 1.29 is 14.6 Å². The maximum atomic E-state index is 10.2. The van der Waals surface area contributed by atoms with E-state index in [0.29, 0.717) is 6.42 Å². The van der Waals surface area contributed by atoms with E-state index in [1.807, 2.05) is 12.1 Å². The van der Waals surface area contributed by atoms with Crippen molar-refractivity contribution in [3.05, 3.63) is 65.2 Å². The Balaban J connectivity index is 1.95. The Morgan fingerprint density at radius 2 is 1.57 bits per heavy atom. The molecule has 0 aromatic heterocycles. The van der Waals surface area contributed by atoms with Crippen LogP contribution in [0.3, 0.4) is 0 Å². The highest BCUT2D eigenvalue weighted by atomic mass is 16.6. The summed E-state index contributed by atoms with van der Waals surface area (Å²) in [6.45, 7) is 2.95. The van der Waals surface area contributed by atoms with Crippen LogP contribution in [0.5, 0.6) is 5.75 Å². The highest BCUT2D eigenvalue weighted by Crippen LogP contribution is 2.19. The van der Waals surface area contributed by atoms with E-state index in [0.717, 1.165) is 50.8 Å². The number of rotatable bonds is 14. The number of unbranched alkanes of at least 4 members (excludes halogenated alkanes) is 1. The van der Waals surface area contributed by atoms with Crippen molar-refractivity contribution in [3.8, 4) is 5.75 Å². The van der Waals surface area contributed by atoms with Crippen molar-refractivity contribution in [1.29, 1.82) is 0 Å². The molecule has 0 aliphatic rings. The summed E-state index contributed by atoms with van der Waals surface area (Å²) in [5, 5.41) is 10.2. The van der Waals surface area contributed by atoms with E-state index < -0.39 is 6.29 Å². The van der Waals surface area contributed by atoms with Crippen molar-refractivity contribution >= 4 is 0 Å². The highest BCUT2D eigenvalue weighted by molar-refractivity contribution is 5.31. The first-order valence-electron chi connectivity index (χ1n) is 11.2. The fourth-order valence-corrected chi connectivity index (χ4v) is 3.71. The first-order valence-corrected chi connectivity index (χ1v) is 11.2. The summed E-state index contributed by atoms with van der Waals surface area (Å²) in [4.78, 5) is 2.13. The molecule has 1 N–H and O–H groups in total. The molecule has 4 nitrogen and oxygen atoms in total. The van der Waals surface area contributed by atoms with Crippen LogP contribution < -0.4 is 4.74 Å². The second kappa shape index (κ2) is 13.4. The number of methoxy groups -OCH3 is 1. The number of aryl methyl sites for hydroxylation is 3. The maximum Gasteiger partial charge on any atom is 0.154 e. The molecule has 0 aliphatic heterocycles. The zero-order valence-corrected chi connectivity index (χ0v) is 19.1. The minimum Gasteiger partial charge on any atom is -0.497 e. The zero-order chi connectivity index (χ0) is 21.8. The van der Waals surface area contributed by atoms with Crippen LogP contribution in [0, 0.1) is 0 Å². The molecule has 4 heteroatoms. The van der Waals surface area contributed by atoms with Gasteiger partial charge in [-0.1, -0.05) is 49.7 Å². The summed E-state index contributed by atoms with van der Waals surface area (Å²) in [6.07, 6.45) is 6.01. The summed E-state index contributed by atoms with van der Waals surface area (Å²) in [7, 11) is 5.80. The summed E-state index contributed by atoms with van der Waals surface area (Å²) >= 11 is 0. The van der Waals surface area contributed by atoms with Crippen LogP contribution in [0.4, 0.5) is 0 Å². The summed E-state index contributed by atoms with van der Waals surface area (Å²) in [5.41, 5.74) is 4.09. The molecule has 1 unspecified atom stereocenters. The Kier molecular flexibility index (Phi) is 10.9.